The zero-order valence-corrected chi connectivity index (χ0v) is 24.9. The molecule has 1 amide bonds. The second-order valence-electron chi connectivity index (χ2n) is 12.5. The monoisotopic (exact) mass is 620 g/mol. The van der Waals surface area contributed by atoms with E-state index in [-0.39, 0.29) is 43.1 Å². The number of ether oxygens (including phenoxy) is 3. The maximum absolute atomic E-state index is 16.9. The summed E-state index contributed by atoms with van der Waals surface area (Å²) in [5, 5.41) is 11.1. The van der Waals surface area contributed by atoms with Gasteiger partial charge >= 0.3 is 12.1 Å². The number of rotatable bonds is 3. The van der Waals surface area contributed by atoms with Crippen LogP contribution in [0.1, 0.15) is 37.7 Å². The number of alkyl carbamates (subject to hydrolysis) is 1. The minimum Gasteiger partial charge on any atom is -0.489 e. The summed E-state index contributed by atoms with van der Waals surface area (Å²) in [6.45, 7) is 4.40. The molecule has 3 saturated heterocycles. The second kappa shape index (κ2) is 10.9. The fourth-order valence-electron chi connectivity index (χ4n) is 7.55. The lowest BCUT2D eigenvalue weighted by Gasteiger charge is -2.34. The number of anilines is 1. The summed E-state index contributed by atoms with van der Waals surface area (Å²) >= 11 is 0. The highest BCUT2D eigenvalue weighted by atomic mass is 19.1. The fraction of sp³-hybridized carbons (Fsp3) is 0.516. The zero-order chi connectivity index (χ0) is 30.7. The number of aryl methyl sites for hydroxylation is 1. The molecule has 0 aliphatic carbocycles. The predicted molar refractivity (Wildman–Crippen MR) is 161 cm³/mol. The minimum atomic E-state index is -0.908. The Morgan fingerprint density at radius 1 is 1.13 bits per heavy atom. The third-order valence-electron chi connectivity index (χ3n) is 9.60. The number of alkyl halides is 1. The highest BCUT2D eigenvalue weighted by molar-refractivity contribution is 6.00. The number of H-pyrrole nitrogens is 1. The van der Waals surface area contributed by atoms with Crippen LogP contribution in [0.3, 0.4) is 0 Å². The van der Waals surface area contributed by atoms with Crippen LogP contribution in [-0.2, 0) is 4.74 Å². The Morgan fingerprint density at radius 2 is 2.02 bits per heavy atom. The largest absolute Gasteiger partial charge is 0.489 e. The van der Waals surface area contributed by atoms with Crippen molar-refractivity contribution in [3.8, 4) is 23.0 Å². The summed E-state index contributed by atoms with van der Waals surface area (Å²) in [5.74, 6) is 0.221. The number of hydrogen-bond acceptors (Lipinski definition) is 10. The van der Waals surface area contributed by atoms with Gasteiger partial charge in [-0.25, -0.2) is 13.6 Å². The summed E-state index contributed by atoms with van der Waals surface area (Å²) in [5.41, 5.74) is 1.51. The third-order valence-corrected chi connectivity index (χ3v) is 9.60. The minimum absolute atomic E-state index is 0.00441. The van der Waals surface area contributed by atoms with Crippen molar-refractivity contribution in [1.82, 2.24) is 35.4 Å². The average Bonchev–Trinajstić information content (AvgIpc) is 3.72. The SMILES string of the molecule is Cc1cc2[nH]ncc2c2c1OCCOC(=O)N[C@@H]1CCCN(C1)c1nc(OC[C@@]34CCCN3C[C@H](F)C4)nc3c(F)c-2ncc13. The van der Waals surface area contributed by atoms with Crippen LogP contribution in [-0.4, -0.2) is 99.9 Å². The lowest BCUT2D eigenvalue weighted by Crippen LogP contribution is -2.48. The van der Waals surface area contributed by atoms with E-state index in [0.29, 0.717) is 59.5 Å². The van der Waals surface area contributed by atoms with Gasteiger partial charge in [0.05, 0.1) is 28.2 Å². The number of aromatic amines is 1. The molecule has 9 rings (SSSR count). The molecule has 14 heteroatoms. The molecule has 0 saturated carbocycles. The quantitative estimate of drug-likeness (QED) is 0.346. The number of carbonyl (C=O) groups excluding carboxylic acids is 1. The number of piperidine rings is 1. The molecule has 0 radical (unpaired) electrons. The number of pyridine rings is 1. The van der Waals surface area contributed by atoms with Gasteiger partial charge in [-0.2, -0.15) is 15.1 Å². The maximum Gasteiger partial charge on any atom is 0.407 e. The van der Waals surface area contributed by atoms with Crippen LogP contribution in [0.15, 0.2) is 18.5 Å². The molecule has 3 aromatic heterocycles. The molecule has 0 unspecified atom stereocenters. The Morgan fingerprint density at radius 3 is 2.93 bits per heavy atom. The third kappa shape index (κ3) is 4.86. The van der Waals surface area contributed by atoms with Crippen molar-refractivity contribution in [2.45, 2.75) is 56.8 Å². The molecule has 3 fully saturated rings. The maximum atomic E-state index is 16.9. The van der Waals surface area contributed by atoms with Gasteiger partial charge in [0.15, 0.2) is 5.82 Å². The van der Waals surface area contributed by atoms with E-state index in [4.69, 9.17) is 19.2 Å². The number of halogens is 2. The van der Waals surface area contributed by atoms with E-state index in [1.807, 2.05) is 17.9 Å². The van der Waals surface area contributed by atoms with Gasteiger partial charge < -0.3 is 24.4 Å². The standard InChI is InChI=1S/C31H34F2N8O4/c1-17-10-22-20(13-35-39-22)23-26-24(33)25-21(12-34-26)28(38-29(37-25)45-16-31-5-3-7-41(31)14-18(32)11-31)40-6-2-4-19(15-40)36-30(42)44-9-8-43-27(17)23/h10,12-13,18-19H,2-9,11,14-16H2,1H3,(H,35,39)(H,36,42)/t18-,19-,31+/m1/s1. The fourth-order valence-corrected chi connectivity index (χ4v) is 7.55. The summed E-state index contributed by atoms with van der Waals surface area (Å²) in [7, 11) is 0. The molecule has 45 heavy (non-hydrogen) atoms. The second-order valence-corrected chi connectivity index (χ2v) is 12.5. The van der Waals surface area contributed by atoms with Crippen LogP contribution >= 0.6 is 0 Å². The Kier molecular flexibility index (Phi) is 6.84. The van der Waals surface area contributed by atoms with Gasteiger partial charge in [-0.15, -0.1) is 0 Å². The first kappa shape index (κ1) is 28.2. The van der Waals surface area contributed by atoms with Gasteiger partial charge in [-0.3, -0.25) is 15.0 Å². The molecule has 0 spiro atoms. The number of aromatic nitrogens is 5. The number of benzene rings is 1. The Bertz CT molecular complexity index is 1800. The highest BCUT2D eigenvalue weighted by Gasteiger charge is 2.49. The molecule has 8 heterocycles. The average molecular weight is 621 g/mol. The molecular formula is C31H34F2N8O4. The van der Waals surface area contributed by atoms with Crippen LogP contribution in [0.5, 0.6) is 11.8 Å². The first-order valence-corrected chi connectivity index (χ1v) is 15.5. The Hall–Kier alpha value is -4.33. The molecule has 5 aliphatic rings. The number of amides is 1. The summed E-state index contributed by atoms with van der Waals surface area (Å²) in [6.07, 6.45) is 5.45. The predicted octanol–water partition coefficient (Wildman–Crippen LogP) is 4.06. The molecule has 2 N–H and O–H groups in total. The first-order valence-electron chi connectivity index (χ1n) is 15.5. The highest BCUT2D eigenvalue weighted by Crippen LogP contribution is 2.43. The molecule has 1 aromatic carbocycles. The van der Waals surface area contributed by atoms with Gasteiger partial charge in [0.1, 0.15) is 48.8 Å². The topological polar surface area (TPSA) is 131 Å². The van der Waals surface area contributed by atoms with E-state index in [1.165, 1.54) is 0 Å². The van der Waals surface area contributed by atoms with Crippen LogP contribution in [0.4, 0.5) is 19.4 Å². The first-order chi connectivity index (χ1) is 21.9. The number of hydrogen-bond donors (Lipinski definition) is 2. The van der Waals surface area contributed by atoms with E-state index < -0.39 is 23.6 Å². The summed E-state index contributed by atoms with van der Waals surface area (Å²) in [4.78, 5) is 30.9. The van der Waals surface area contributed by atoms with Crippen molar-refractivity contribution < 1.29 is 27.8 Å². The molecular weight excluding hydrogens is 586 g/mol. The Balaban J connectivity index is 1.29. The normalized spacial score (nSPS) is 25.3. The van der Waals surface area contributed by atoms with Crippen LogP contribution in [0, 0.1) is 12.7 Å². The van der Waals surface area contributed by atoms with Gasteiger partial charge in [-0.05, 0) is 50.8 Å². The van der Waals surface area contributed by atoms with E-state index in [9.17, 15) is 9.18 Å². The van der Waals surface area contributed by atoms with Crippen molar-refractivity contribution in [1.29, 1.82) is 0 Å². The van der Waals surface area contributed by atoms with Gasteiger partial charge in [0.2, 0.25) is 0 Å². The lowest BCUT2D eigenvalue weighted by atomic mass is 9.95. The van der Waals surface area contributed by atoms with Gasteiger partial charge in [-0.1, -0.05) is 0 Å². The van der Waals surface area contributed by atoms with Crippen molar-refractivity contribution in [2.75, 3.05) is 50.9 Å². The molecule has 12 nitrogen and oxygen atoms in total. The number of carbonyl (C=O) groups is 1. The van der Waals surface area contributed by atoms with Crippen LogP contribution in [0.25, 0.3) is 33.1 Å². The van der Waals surface area contributed by atoms with Crippen molar-refractivity contribution in [3.05, 3.63) is 29.8 Å². The Labute approximate surface area is 257 Å². The van der Waals surface area contributed by atoms with Crippen LogP contribution in [0.2, 0.25) is 0 Å². The van der Waals surface area contributed by atoms with E-state index >= 15 is 4.39 Å². The van der Waals surface area contributed by atoms with Gasteiger partial charge in [0, 0.05) is 43.7 Å². The smallest absolute Gasteiger partial charge is 0.407 e. The number of nitrogens with zero attached hydrogens (tertiary/aromatic N) is 6. The zero-order valence-electron chi connectivity index (χ0n) is 24.9. The van der Waals surface area contributed by atoms with E-state index in [2.05, 4.69) is 30.4 Å². The van der Waals surface area contributed by atoms with Crippen LogP contribution < -0.4 is 19.7 Å². The van der Waals surface area contributed by atoms with Gasteiger partial charge in [0.25, 0.3) is 0 Å². The van der Waals surface area contributed by atoms with E-state index in [1.54, 1.807) is 12.4 Å². The molecule has 236 valence electrons. The summed E-state index contributed by atoms with van der Waals surface area (Å²) in [6, 6.07) is 1.67. The van der Waals surface area contributed by atoms with E-state index in [0.717, 1.165) is 37.8 Å². The number of fused-ring (bicyclic) bond motifs is 8. The molecule has 3 atom stereocenters. The number of nitrogens with one attached hydrogen (secondary N) is 2. The molecule has 6 bridgehead atoms. The molecule has 4 aromatic rings. The van der Waals surface area contributed by atoms with Crippen molar-refractivity contribution >= 4 is 33.7 Å². The lowest BCUT2D eigenvalue weighted by molar-refractivity contribution is 0.107. The molecule has 5 aliphatic heterocycles. The van der Waals surface area contributed by atoms with Crippen molar-refractivity contribution in [2.24, 2.45) is 0 Å². The van der Waals surface area contributed by atoms with Crippen molar-refractivity contribution in [3.63, 3.8) is 0 Å². The summed E-state index contributed by atoms with van der Waals surface area (Å²) < 4.78 is 49.2.